The van der Waals surface area contributed by atoms with Gasteiger partial charge in [0.05, 0.1) is 17.6 Å². The molecule has 1 aliphatic heterocycles. The number of halogens is 1. The number of carbonyl (C=O) groups is 2. The van der Waals surface area contributed by atoms with Crippen molar-refractivity contribution in [2.75, 3.05) is 23.8 Å². The first-order chi connectivity index (χ1) is 11.1. The second-order valence-electron chi connectivity index (χ2n) is 5.27. The van der Waals surface area contributed by atoms with Crippen LogP contribution in [0.4, 0.5) is 20.6 Å². The molecule has 0 saturated carbocycles. The van der Waals surface area contributed by atoms with Gasteiger partial charge in [-0.25, -0.2) is 9.18 Å². The van der Waals surface area contributed by atoms with E-state index in [1.54, 1.807) is 25.2 Å². The molecule has 7 nitrogen and oxygen atoms in total. The van der Waals surface area contributed by atoms with E-state index in [1.807, 2.05) is 0 Å². The van der Waals surface area contributed by atoms with Crippen LogP contribution in [0.5, 0.6) is 0 Å². The number of carbonyl (C=O) groups excluding carboxylic acids is 2. The van der Waals surface area contributed by atoms with Gasteiger partial charge in [0.1, 0.15) is 11.9 Å². The number of amides is 3. The first kappa shape index (κ1) is 15.0. The predicted octanol–water partition coefficient (Wildman–Crippen LogP) is 1.82. The number of likely N-dealkylation sites (N-methyl/N-ethyl adjacent to an activating group) is 1. The number of benzene rings is 1. The van der Waals surface area contributed by atoms with Crippen LogP contribution in [0.2, 0.25) is 0 Å². The lowest BCUT2D eigenvalue weighted by atomic mass is 10.2. The number of anilines is 2. The van der Waals surface area contributed by atoms with Crippen LogP contribution < -0.4 is 10.2 Å². The lowest BCUT2D eigenvalue weighted by Crippen LogP contribution is -2.44. The largest absolute Gasteiger partial charge is 0.322 e. The lowest BCUT2D eigenvalue weighted by molar-refractivity contribution is -0.120. The van der Waals surface area contributed by atoms with Gasteiger partial charge in [-0.05, 0) is 18.6 Å². The van der Waals surface area contributed by atoms with Crippen LogP contribution >= 0.6 is 0 Å². The molecule has 0 unspecified atom stereocenters. The Balaban J connectivity index is 1.71. The van der Waals surface area contributed by atoms with Crippen LogP contribution in [0, 0.1) is 5.82 Å². The van der Waals surface area contributed by atoms with Gasteiger partial charge in [0.25, 0.3) is 0 Å². The average Bonchev–Trinajstić information content (AvgIpc) is 3.17. The Hall–Kier alpha value is -2.90. The van der Waals surface area contributed by atoms with Crippen LogP contribution in [0.3, 0.4) is 0 Å². The van der Waals surface area contributed by atoms with Crippen molar-refractivity contribution in [1.29, 1.82) is 0 Å². The molecule has 1 aliphatic rings. The zero-order valence-electron chi connectivity index (χ0n) is 12.5. The van der Waals surface area contributed by atoms with Gasteiger partial charge in [-0.2, -0.15) is 5.10 Å². The molecule has 1 aromatic heterocycles. The van der Waals surface area contributed by atoms with E-state index in [9.17, 15) is 14.0 Å². The summed E-state index contributed by atoms with van der Waals surface area (Å²) in [5.74, 6) is -0.744. The molecule has 0 spiro atoms. The summed E-state index contributed by atoms with van der Waals surface area (Å²) >= 11 is 0. The highest BCUT2D eigenvalue weighted by atomic mass is 19.1. The van der Waals surface area contributed by atoms with Crippen molar-refractivity contribution in [1.82, 2.24) is 15.1 Å². The van der Waals surface area contributed by atoms with Gasteiger partial charge in [-0.15, -0.1) is 0 Å². The summed E-state index contributed by atoms with van der Waals surface area (Å²) in [5, 5.41) is 8.95. The quantitative estimate of drug-likeness (QED) is 0.906. The van der Waals surface area contributed by atoms with E-state index in [2.05, 4.69) is 15.5 Å². The van der Waals surface area contributed by atoms with Crippen molar-refractivity contribution in [2.45, 2.75) is 12.5 Å². The Morgan fingerprint density at radius 1 is 1.48 bits per heavy atom. The monoisotopic (exact) mass is 317 g/mol. The second-order valence-corrected chi connectivity index (χ2v) is 5.27. The zero-order valence-corrected chi connectivity index (χ0v) is 12.5. The third-order valence-electron chi connectivity index (χ3n) is 3.86. The highest BCUT2D eigenvalue weighted by Crippen LogP contribution is 2.26. The highest BCUT2D eigenvalue weighted by Gasteiger charge is 2.38. The lowest BCUT2D eigenvalue weighted by Gasteiger charge is -2.24. The van der Waals surface area contributed by atoms with Crippen molar-refractivity contribution >= 4 is 23.3 Å². The van der Waals surface area contributed by atoms with Crippen LogP contribution in [0.25, 0.3) is 0 Å². The Labute approximate surface area is 132 Å². The third-order valence-corrected chi connectivity index (χ3v) is 3.86. The first-order valence-corrected chi connectivity index (χ1v) is 7.16. The number of para-hydroxylation sites is 1. The van der Waals surface area contributed by atoms with E-state index < -0.39 is 17.9 Å². The molecule has 120 valence electrons. The minimum Gasteiger partial charge on any atom is -0.315 e. The molecule has 8 heteroatoms. The normalized spacial score (nSPS) is 17.4. The van der Waals surface area contributed by atoms with Crippen molar-refractivity contribution in [3.8, 4) is 0 Å². The highest BCUT2D eigenvalue weighted by molar-refractivity contribution is 6.02. The van der Waals surface area contributed by atoms with E-state index in [0.29, 0.717) is 18.7 Å². The van der Waals surface area contributed by atoms with Crippen LogP contribution in [0.15, 0.2) is 36.7 Å². The van der Waals surface area contributed by atoms with Crippen molar-refractivity contribution in [3.05, 3.63) is 42.5 Å². The topological polar surface area (TPSA) is 81.3 Å². The number of hydrogen-bond acceptors (Lipinski definition) is 3. The smallest absolute Gasteiger partial charge is 0.315 e. The maximum absolute atomic E-state index is 13.9. The van der Waals surface area contributed by atoms with Gasteiger partial charge in [0.15, 0.2) is 0 Å². The molecule has 3 rings (SSSR count). The van der Waals surface area contributed by atoms with Crippen molar-refractivity contribution < 1.29 is 14.0 Å². The standard InChI is InChI=1S/C15H16FN5O2/c1-20(15(23)19-10-8-17-18-9-10)13-6-7-21(14(13)22)12-5-3-2-4-11(12)16/h2-5,8-9,13H,6-7H2,1H3,(H,17,18)(H,19,23)/t13-/m1/s1. The fourth-order valence-corrected chi connectivity index (χ4v) is 2.61. The van der Waals surface area contributed by atoms with Gasteiger partial charge in [-0.1, -0.05) is 12.1 Å². The number of hydrogen-bond donors (Lipinski definition) is 2. The molecule has 3 amide bonds. The van der Waals surface area contributed by atoms with E-state index in [0.717, 1.165) is 0 Å². The van der Waals surface area contributed by atoms with E-state index in [1.165, 1.54) is 28.3 Å². The molecule has 2 aromatic rings. The molecule has 1 aromatic carbocycles. The van der Waals surface area contributed by atoms with E-state index >= 15 is 0 Å². The number of aromatic amines is 1. The molecule has 1 atom stereocenters. The maximum Gasteiger partial charge on any atom is 0.322 e. The van der Waals surface area contributed by atoms with Gasteiger partial charge in [0, 0.05) is 19.8 Å². The molecule has 1 saturated heterocycles. The van der Waals surface area contributed by atoms with Crippen molar-refractivity contribution in [3.63, 3.8) is 0 Å². The third kappa shape index (κ3) is 2.87. The Kier molecular flexibility index (Phi) is 3.96. The summed E-state index contributed by atoms with van der Waals surface area (Å²) in [4.78, 5) is 27.4. The summed E-state index contributed by atoms with van der Waals surface area (Å²) in [6.45, 7) is 0.369. The molecule has 0 bridgehead atoms. The minimum absolute atomic E-state index is 0.239. The molecular weight excluding hydrogens is 301 g/mol. The number of nitrogens with zero attached hydrogens (tertiary/aromatic N) is 3. The zero-order chi connectivity index (χ0) is 16.4. The average molecular weight is 317 g/mol. The summed E-state index contributed by atoms with van der Waals surface area (Å²) in [6, 6.07) is 5.07. The minimum atomic E-state index is -0.624. The number of nitrogens with one attached hydrogen (secondary N) is 2. The number of aromatic nitrogens is 2. The Morgan fingerprint density at radius 3 is 2.96 bits per heavy atom. The van der Waals surface area contributed by atoms with E-state index in [4.69, 9.17) is 0 Å². The first-order valence-electron chi connectivity index (χ1n) is 7.16. The number of urea groups is 1. The summed E-state index contributed by atoms with van der Waals surface area (Å²) in [5.41, 5.74) is 0.752. The van der Waals surface area contributed by atoms with Gasteiger partial charge in [-0.3, -0.25) is 9.89 Å². The van der Waals surface area contributed by atoms with Crippen LogP contribution in [-0.2, 0) is 4.79 Å². The molecule has 2 N–H and O–H groups in total. The molecule has 0 aliphatic carbocycles. The molecule has 2 heterocycles. The molecule has 0 radical (unpaired) electrons. The molecule has 23 heavy (non-hydrogen) atoms. The molecule has 1 fully saturated rings. The van der Waals surface area contributed by atoms with Gasteiger partial charge in [0.2, 0.25) is 5.91 Å². The van der Waals surface area contributed by atoms with Gasteiger partial charge >= 0.3 is 6.03 Å². The Morgan fingerprint density at radius 2 is 2.26 bits per heavy atom. The van der Waals surface area contributed by atoms with Gasteiger partial charge < -0.3 is 15.1 Å². The number of H-pyrrole nitrogens is 1. The van der Waals surface area contributed by atoms with Crippen LogP contribution in [-0.4, -0.2) is 46.7 Å². The van der Waals surface area contributed by atoms with Crippen LogP contribution in [0.1, 0.15) is 6.42 Å². The predicted molar refractivity (Wildman–Crippen MR) is 82.5 cm³/mol. The SMILES string of the molecule is CN(C(=O)Nc1cn[nH]c1)[C@@H]1CCN(c2ccccc2F)C1=O. The number of rotatable bonds is 3. The van der Waals surface area contributed by atoms with E-state index in [-0.39, 0.29) is 11.6 Å². The fraction of sp³-hybridized carbons (Fsp3) is 0.267. The summed E-state index contributed by atoms with van der Waals surface area (Å²) in [7, 11) is 1.54. The maximum atomic E-state index is 13.9. The summed E-state index contributed by atoms with van der Waals surface area (Å²) < 4.78 is 13.9. The second kappa shape index (κ2) is 6.07. The fourth-order valence-electron chi connectivity index (χ4n) is 2.61. The molecular formula is C15H16FN5O2. The van der Waals surface area contributed by atoms with Crippen molar-refractivity contribution in [2.24, 2.45) is 0 Å². The summed E-state index contributed by atoms with van der Waals surface area (Å²) in [6.07, 6.45) is 3.45. The Bertz CT molecular complexity index is 718.